The van der Waals surface area contributed by atoms with Gasteiger partial charge in [0.25, 0.3) is 0 Å². The van der Waals surface area contributed by atoms with Gasteiger partial charge in [0.05, 0.1) is 13.2 Å². The Bertz CT molecular complexity index is 1800. The van der Waals surface area contributed by atoms with E-state index in [4.69, 9.17) is 5.73 Å². The summed E-state index contributed by atoms with van der Waals surface area (Å²) in [5.74, 6) is -5.06. The van der Waals surface area contributed by atoms with Gasteiger partial charge in [0.1, 0.15) is 35.2 Å². The molecule has 15 nitrogen and oxygen atoms in total. The maximum atomic E-state index is 14.1. The molecule has 0 spiro atoms. The lowest BCUT2D eigenvalue weighted by Gasteiger charge is -2.37. The molecule has 15 heteroatoms. The number of hydrogen-bond donors (Lipinski definition) is 7. The van der Waals surface area contributed by atoms with Crippen LogP contribution in [0, 0.1) is 5.92 Å². The van der Waals surface area contributed by atoms with Gasteiger partial charge in [0.2, 0.25) is 35.4 Å². The number of nitrogens with one attached hydrogen (secondary N) is 6. The number of ether oxygens (including phenoxy) is 1. The van der Waals surface area contributed by atoms with Crippen molar-refractivity contribution in [3.63, 3.8) is 0 Å². The van der Waals surface area contributed by atoms with E-state index in [2.05, 4.69) is 36.6 Å². The predicted octanol–water partition coefficient (Wildman–Crippen LogP) is 1.93. The molecule has 6 amide bonds. The molecule has 3 aromatic carbocycles. The number of methoxy groups -OCH3 is 1. The number of benzene rings is 3. The highest BCUT2D eigenvalue weighted by atomic mass is 16.5. The molecule has 58 heavy (non-hydrogen) atoms. The standard InChI is InChI=1S/C43H57N7O8/c1-27(2)35(38(55)50-41(4,5)39(56)45-26-34(52)58-8)47-40(57)42(6,7)49-37(54)32(46-36(53)28(3)44)24-25-33(51)48-43(29-18-12-9-13-19-29,30-20-14-10-15-21-30)31-22-16-11-17-23-31/h9-23,27-28,32,35H,24-26,44H2,1-8H3,(H,45,56)(H,46,53)(H,47,57)(H,48,51)(H,49,54)(H,50,55)/t28-,32-,35-/m0/s1. The van der Waals surface area contributed by atoms with Crippen LogP contribution < -0.4 is 37.6 Å². The fraction of sp³-hybridized carbons (Fsp3) is 0.419. The number of hydrogen-bond acceptors (Lipinski definition) is 9. The lowest BCUT2D eigenvalue weighted by atomic mass is 9.77. The van der Waals surface area contributed by atoms with Crippen molar-refractivity contribution in [2.75, 3.05) is 13.7 Å². The Labute approximate surface area is 340 Å². The molecule has 3 rings (SSSR count). The third kappa shape index (κ3) is 12.2. The van der Waals surface area contributed by atoms with Gasteiger partial charge in [-0.1, -0.05) is 105 Å². The van der Waals surface area contributed by atoms with Crippen LogP contribution in [0.25, 0.3) is 0 Å². The van der Waals surface area contributed by atoms with Gasteiger partial charge in [0.15, 0.2) is 0 Å². The van der Waals surface area contributed by atoms with Gasteiger partial charge in [-0.15, -0.1) is 0 Å². The van der Waals surface area contributed by atoms with Crippen molar-refractivity contribution in [3.8, 4) is 0 Å². The highest BCUT2D eigenvalue weighted by Crippen LogP contribution is 2.37. The second kappa shape index (κ2) is 20.4. The fourth-order valence-corrected chi connectivity index (χ4v) is 6.10. The lowest BCUT2D eigenvalue weighted by Crippen LogP contribution is -2.64. The van der Waals surface area contributed by atoms with E-state index in [0.29, 0.717) is 0 Å². The highest BCUT2D eigenvalue weighted by molar-refractivity contribution is 5.98. The predicted molar refractivity (Wildman–Crippen MR) is 218 cm³/mol. The van der Waals surface area contributed by atoms with Crippen molar-refractivity contribution < 1.29 is 38.3 Å². The second-order valence-electron chi connectivity index (χ2n) is 15.5. The SMILES string of the molecule is COC(=O)CNC(=O)C(C)(C)NC(=O)[C@@H](NC(=O)C(C)(C)NC(=O)[C@H](CCC(=O)NC(c1ccccc1)(c1ccccc1)c1ccccc1)NC(=O)[C@H](C)N)C(C)C. The minimum Gasteiger partial charge on any atom is -0.468 e. The normalized spacial score (nSPS) is 13.2. The van der Waals surface area contributed by atoms with Crippen LogP contribution in [0.3, 0.4) is 0 Å². The molecule has 0 aliphatic carbocycles. The molecule has 3 aromatic rings. The Balaban J connectivity index is 1.82. The van der Waals surface area contributed by atoms with Crippen molar-refractivity contribution in [2.24, 2.45) is 11.7 Å². The van der Waals surface area contributed by atoms with Gasteiger partial charge in [0, 0.05) is 6.42 Å². The molecule has 0 aromatic heterocycles. The van der Waals surface area contributed by atoms with Crippen LogP contribution in [0.1, 0.15) is 78.0 Å². The van der Waals surface area contributed by atoms with Crippen molar-refractivity contribution in [3.05, 3.63) is 108 Å². The van der Waals surface area contributed by atoms with Crippen molar-refractivity contribution in [2.45, 2.75) is 96.1 Å². The number of esters is 1. The first-order chi connectivity index (χ1) is 27.2. The Morgan fingerprint density at radius 3 is 1.50 bits per heavy atom. The van der Waals surface area contributed by atoms with Crippen LogP contribution in [-0.2, 0) is 43.8 Å². The van der Waals surface area contributed by atoms with Crippen molar-refractivity contribution >= 4 is 41.4 Å². The van der Waals surface area contributed by atoms with Crippen molar-refractivity contribution in [1.82, 2.24) is 31.9 Å². The smallest absolute Gasteiger partial charge is 0.325 e. The molecule has 0 aliphatic heterocycles. The first kappa shape index (κ1) is 46.3. The van der Waals surface area contributed by atoms with E-state index in [1.54, 1.807) is 13.8 Å². The van der Waals surface area contributed by atoms with Gasteiger partial charge in [-0.25, -0.2) is 0 Å². The molecule has 312 valence electrons. The van der Waals surface area contributed by atoms with Crippen LogP contribution in [0.5, 0.6) is 0 Å². The summed E-state index contributed by atoms with van der Waals surface area (Å²) >= 11 is 0. The molecule has 0 saturated carbocycles. The lowest BCUT2D eigenvalue weighted by molar-refractivity contribution is -0.142. The van der Waals surface area contributed by atoms with E-state index < -0.39 is 88.6 Å². The summed E-state index contributed by atoms with van der Waals surface area (Å²) in [6, 6.07) is 25.1. The summed E-state index contributed by atoms with van der Waals surface area (Å²) in [6.45, 7) is 10.1. The molecule has 0 radical (unpaired) electrons. The fourth-order valence-electron chi connectivity index (χ4n) is 6.10. The molecule has 0 aliphatic rings. The molecular formula is C43H57N7O8. The minimum atomic E-state index is -1.64. The van der Waals surface area contributed by atoms with Crippen molar-refractivity contribution in [1.29, 1.82) is 0 Å². The summed E-state index contributed by atoms with van der Waals surface area (Å²) in [6.07, 6.45) is -0.372. The highest BCUT2D eigenvalue weighted by Gasteiger charge is 2.40. The molecular weight excluding hydrogens is 743 g/mol. The first-order valence-electron chi connectivity index (χ1n) is 19.1. The Hall–Kier alpha value is -6.09. The summed E-state index contributed by atoms with van der Waals surface area (Å²) in [5.41, 5.74) is 3.99. The Kier molecular flexibility index (Phi) is 16.3. The third-order valence-electron chi connectivity index (χ3n) is 9.52. The van der Waals surface area contributed by atoms with E-state index >= 15 is 0 Å². The van der Waals surface area contributed by atoms with E-state index in [1.807, 2.05) is 91.0 Å². The zero-order valence-electron chi connectivity index (χ0n) is 34.4. The Morgan fingerprint density at radius 2 is 1.07 bits per heavy atom. The second-order valence-corrected chi connectivity index (χ2v) is 15.5. The molecule has 0 heterocycles. The van der Waals surface area contributed by atoms with E-state index in [1.165, 1.54) is 41.7 Å². The molecule has 0 bridgehead atoms. The number of amides is 6. The van der Waals surface area contributed by atoms with Gasteiger partial charge in [-0.05, 0) is 63.6 Å². The molecule has 0 unspecified atom stereocenters. The third-order valence-corrected chi connectivity index (χ3v) is 9.52. The van der Waals surface area contributed by atoms with Crippen LogP contribution in [0.15, 0.2) is 91.0 Å². The number of rotatable bonds is 19. The summed E-state index contributed by atoms with van der Waals surface area (Å²) in [4.78, 5) is 92.1. The van der Waals surface area contributed by atoms with Gasteiger partial charge < -0.3 is 42.4 Å². The number of carbonyl (C=O) groups excluding carboxylic acids is 7. The average molecular weight is 800 g/mol. The average Bonchev–Trinajstić information content (AvgIpc) is 3.19. The van der Waals surface area contributed by atoms with Gasteiger partial charge >= 0.3 is 5.97 Å². The maximum absolute atomic E-state index is 14.1. The summed E-state index contributed by atoms with van der Waals surface area (Å²) in [7, 11) is 1.17. The Morgan fingerprint density at radius 1 is 0.621 bits per heavy atom. The maximum Gasteiger partial charge on any atom is 0.325 e. The van der Waals surface area contributed by atoms with Crippen LogP contribution >= 0.6 is 0 Å². The minimum absolute atomic E-state index is 0.160. The van der Waals surface area contributed by atoms with E-state index in [-0.39, 0.29) is 12.8 Å². The number of carbonyl (C=O) groups is 7. The van der Waals surface area contributed by atoms with Crippen LogP contribution in [0.4, 0.5) is 0 Å². The molecule has 0 fully saturated rings. The quantitative estimate of drug-likeness (QED) is 0.0694. The largest absolute Gasteiger partial charge is 0.468 e. The van der Waals surface area contributed by atoms with E-state index in [0.717, 1.165) is 16.7 Å². The zero-order chi connectivity index (χ0) is 43.3. The van der Waals surface area contributed by atoms with E-state index in [9.17, 15) is 33.6 Å². The zero-order valence-corrected chi connectivity index (χ0v) is 34.4. The van der Waals surface area contributed by atoms with Gasteiger partial charge in [-0.3, -0.25) is 33.6 Å². The topological polar surface area (TPSA) is 227 Å². The monoisotopic (exact) mass is 799 g/mol. The van der Waals surface area contributed by atoms with Gasteiger partial charge in [-0.2, -0.15) is 0 Å². The summed E-state index contributed by atoms with van der Waals surface area (Å²) in [5, 5.41) is 16.2. The molecule has 3 atom stereocenters. The molecule has 0 saturated heterocycles. The number of nitrogens with two attached hydrogens (primary N) is 1. The van der Waals surface area contributed by atoms with Crippen LogP contribution in [0.2, 0.25) is 0 Å². The molecule has 8 N–H and O–H groups in total. The van der Waals surface area contributed by atoms with Crippen LogP contribution in [-0.4, -0.2) is 84.3 Å². The first-order valence-corrected chi connectivity index (χ1v) is 19.1. The summed E-state index contributed by atoms with van der Waals surface area (Å²) < 4.78 is 4.54.